The largest absolute Gasteiger partial charge is 0.342 e. The van der Waals surface area contributed by atoms with E-state index in [1.165, 1.54) is 5.39 Å². The average molecular weight is 183 g/mol. The van der Waals surface area contributed by atoms with Crippen LogP contribution in [0, 0.1) is 6.92 Å². The van der Waals surface area contributed by atoms with Crippen LogP contribution >= 0.6 is 0 Å². The van der Waals surface area contributed by atoms with E-state index < -0.39 is 0 Å². The quantitative estimate of drug-likeness (QED) is 0.581. The zero-order valence-electron chi connectivity index (χ0n) is 7.78. The second-order valence-electron chi connectivity index (χ2n) is 3.38. The Morgan fingerprint density at radius 1 is 1.21 bits per heavy atom. The van der Waals surface area contributed by atoms with Gasteiger partial charge in [-0.2, -0.15) is 0 Å². The second kappa shape index (κ2) is 2.54. The fourth-order valence-electron chi connectivity index (χ4n) is 1.76. The Bertz CT molecular complexity index is 610. The van der Waals surface area contributed by atoms with Crippen LogP contribution in [0.1, 0.15) is 5.82 Å². The molecule has 3 nitrogen and oxygen atoms in total. The molecule has 0 bridgehead atoms. The third kappa shape index (κ3) is 0.923. The van der Waals surface area contributed by atoms with Crippen LogP contribution in [0.4, 0.5) is 0 Å². The van der Waals surface area contributed by atoms with Gasteiger partial charge in [-0.25, -0.2) is 4.98 Å². The number of aryl methyl sites for hydroxylation is 1. The van der Waals surface area contributed by atoms with Crippen LogP contribution in [0.25, 0.3) is 21.8 Å². The summed E-state index contributed by atoms with van der Waals surface area (Å²) in [7, 11) is 0. The van der Waals surface area contributed by atoms with Crippen LogP contribution in [0.3, 0.4) is 0 Å². The summed E-state index contributed by atoms with van der Waals surface area (Å²) in [5.41, 5.74) is 2.08. The van der Waals surface area contributed by atoms with Gasteiger partial charge in [0.25, 0.3) is 0 Å². The van der Waals surface area contributed by atoms with Gasteiger partial charge in [-0.3, -0.25) is 4.98 Å². The van der Waals surface area contributed by atoms with Gasteiger partial charge in [0.1, 0.15) is 5.82 Å². The number of hydrogen-bond acceptors (Lipinski definition) is 2. The van der Waals surface area contributed by atoms with Crippen LogP contribution in [-0.4, -0.2) is 15.0 Å². The minimum absolute atomic E-state index is 0.941. The zero-order valence-corrected chi connectivity index (χ0v) is 7.78. The molecule has 0 aliphatic heterocycles. The van der Waals surface area contributed by atoms with Gasteiger partial charge in [0, 0.05) is 17.8 Å². The lowest BCUT2D eigenvalue weighted by Crippen LogP contribution is -1.77. The van der Waals surface area contributed by atoms with Crippen molar-refractivity contribution in [1.29, 1.82) is 0 Å². The number of hydrogen-bond donors (Lipinski definition) is 1. The van der Waals surface area contributed by atoms with Gasteiger partial charge in [0.2, 0.25) is 0 Å². The van der Waals surface area contributed by atoms with Gasteiger partial charge < -0.3 is 4.98 Å². The fraction of sp³-hybridized carbons (Fsp3) is 0.0909. The normalized spacial score (nSPS) is 11.2. The average Bonchev–Trinajstić information content (AvgIpc) is 2.59. The van der Waals surface area contributed by atoms with Crippen molar-refractivity contribution in [1.82, 2.24) is 15.0 Å². The molecule has 0 unspecified atom stereocenters. The van der Waals surface area contributed by atoms with E-state index >= 15 is 0 Å². The van der Waals surface area contributed by atoms with Crippen molar-refractivity contribution in [3.05, 3.63) is 36.4 Å². The maximum Gasteiger partial charge on any atom is 0.104 e. The molecule has 0 spiro atoms. The molecule has 1 N–H and O–H groups in total. The molecule has 1 aromatic carbocycles. The summed E-state index contributed by atoms with van der Waals surface area (Å²) < 4.78 is 0. The molecule has 0 radical (unpaired) electrons. The highest BCUT2D eigenvalue weighted by Gasteiger charge is 2.03. The van der Waals surface area contributed by atoms with Gasteiger partial charge in [-0.05, 0) is 24.4 Å². The molecule has 0 amide bonds. The number of nitrogens with one attached hydrogen (secondary N) is 1. The number of benzene rings is 1. The van der Waals surface area contributed by atoms with E-state index in [1.807, 2.05) is 25.3 Å². The van der Waals surface area contributed by atoms with Gasteiger partial charge in [-0.15, -0.1) is 0 Å². The summed E-state index contributed by atoms with van der Waals surface area (Å²) in [6.07, 6.45) is 3.67. The number of rotatable bonds is 0. The Morgan fingerprint density at radius 3 is 3.07 bits per heavy atom. The highest BCUT2D eigenvalue weighted by atomic mass is 14.9. The summed E-state index contributed by atoms with van der Waals surface area (Å²) in [6, 6.07) is 6.10. The molecule has 3 aromatic rings. The molecule has 0 saturated carbocycles. The maximum absolute atomic E-state index is 4.38. The number of H-pyrrole nitrogens is 1. The zero-order chi connectivity index (χ0) is 9.54. The maximum atomic E-state index is 4.38. The number of imidazole rings is 1. The Labute approximate surface area is 80.8 Å². The van der Waals surface area contributed by atoms with Crippen molar-refractivity contribution in [3.8, 4) is 0 Å². The van der Waals surface area contributed by atoms with E-state index in [0.717, 1.165) is 22.2 Å². The Hall–Kier alpha value is -1.90. The van der Waals surface area contributed by atoms with Crippen LogP contribution in [0.2, 0.25) is 0 Å². The first-order valence-corrected chi connectivity index (χ1v) is 4.53. The SMILES string of the molecule is Cc1nc2ccc3ccncc3c2[nH]1. The lowest BCUT2D eigenvalue weighted by atomic mass is 10.1. The Morgan fingerprint density at radius 2 is 2.14 bits per heavy atom. The summed E-state index contributed by atoms with van der Waals surface area (Å²) >= 11 is 0. The third-order valence-electron chi connectivity index (χ3n) is 2.40. The van der Waals surface area contributed by atoms with Crippen molar-refractivity contribution < 1.29 is 0 Å². The molecule has 2 aromatic heterocycles. The van der Waals surface area contributed by atoms with Crippen molar-refractivity contribution in [2.75, 3.05) is 0 Å². The van der Waals surface area contributed by atoms with Gasteiger partial charge in [-0.1, -0.05) is 6.07 Å². The van der Waals surface area contributed by atoms with Crippen LogP contribution in [0.15, 0.2) is 30.6 Å². The van der Waals surface area contributed by atoms with E-state index in [4.69, 9.17) is 0 Å². The van der Waals surface area contributed by atoms with Crippen molar-refractivity contribution in [2.45, 2.75) is 6.92 Å². The number of pyridine rings is 1. The molecule has 0 saturated heterocycles. The van der Waals surface area contributed by atoms with Gasteiger partial charge in [0.15, 0.2) is 0 Å². The first-order valence-electron chi connectivity index (χ1n) is 4.53. The van der Waals surface area contributed by atoms with E-state index in [9.17, 15) is 0 Å². The van der Waals surface area contributed by atoms with E-state index in [-0.39, 0.29) is 0 Å². The van der Waals surface area contributed by atoms with Gasteiger partial charge in [0.05, 0.1) is 11.0 Å². The Kier molecular flexibility index (Phi) is 1.36. The van der Waals surface area contributed by atoms with Crippen molar-refractivity contribution in [3.63, 3.8) is 0 Å². The minimum atomic E-state index is 0.941. The van der Waals surface area contributed by atoms with E-state index in [2.05, 4.69) is 21.0 Å². The molecular weight excluding hydrogens is 174 g/mol. The molecule has 0 fully saturated rings. The molecule has 0 aliphatic carbocycles. The van der Waals surface area contributed by atoms with E-state index in [0.29, 0.717) is 0 Å². The Balaban J connectivity index is 2.60. The summed E-state index contributed by atoms with van der Waals surface area (Å²) in [5.74, 6) is 0.941. The van der Waals surface area contributed by atoms with Crippen LogP contribution < -0.4 is 0 Å². The van der Waals surface area contributed by atoms with Crippen molar-refractivity contribution >= 4 is 21.8 Å². The fourth-order valence-corrected chi connectivity index (χ4v) is 1.76. The van der Waals surface area contributed by atoms with Crippen LogP contribution in [-0.2, 0) is 0 Å². The monoisotopic (exact) mass is 183 g/mol. The lowest BCUT2D eigenvalue weighted by Gasteiger charge is -1.96. The standard InChI is InChI=1S/C11H9N3/c1-7-13-10-3-2-8-4-5-12-6-9(8)11(10)14-7/h2-6H,1H3,(H,13,14). The summed E-state index contributed by atoms with van der Waals surface area (Å²) in [4.78, 5) is 11.8. The smallest absolute Gasteiger partial charge is 0.104 e. The first-order chi connectivity index (χ1) is 6.84. The highest BCUT2D eigenvalue weighted by Crippen LogP contribution is 2.22. The molecule has 14 heavy (non-hydrogen) atoms. The number of aromatic amines is 1. The van der Waals surface area contributed by atoms with Gasteiger partial charge >= 0.3 is 0 Å². The predicted molar refractivity (Wildman–Crippen MR) is 56.1 cm³/mol. The molecule has 3 heteroatoms. The highest BCUT2D eigenvalue weighted by molar-refractivity contribution is 6.03. The lowest BCUT2D eigenvalue weighted by molar-refractivity contribution is 1.17. The third-order valence-corrected chi connectivity index (χ3v) is 2.40. The second-order valence-corrected chi connectivity index (χ2v) is 3.38. The molecule has 2 heterocycles. The number of nitrogens with zero attached hydrogens (tertiary/aromatic N) is 2. The summed E-state index contributed by atoms with van der Waals surface area (Å²) in [5, 5.41) is 2.32. The van der Waals surface area contributed by atoms with E-state index in [1.54, 1.807) is 6.20 Å². The number of fused-ring (bicyclic) bond motifs is 3. The number of aromatic nitrogens is 3. The first kappa shape index (κ1) is 7.50. The van der Waals surface area contributed by atoms with Crippen molar-refractivity contribution in [2.24, 2.45) is 0 Å². The predicted octanol–water partition coefficient (Wildman–Crippen LogP) is 2.42. The summed E-state index contributed by atoms with van der Waals surface area (Å²) in [6.45, 7) is 1.96. The molecule has 68 valence electrons. The topological polar surface area (TPSA) is 41.6 Å². The molecule has 0 atom stereocenters. The molecule has 0 aliphatic rings. The minimum Gasteiger partial charge on any atom is -0.342 e. The molecular formula is C11H9N3. The van der Waals surface area contributed by atoms with Crippen LogP contribution in [0.5, 0.6) is 0 Å². The molecule has 3 rings (SSSR count).